The molecule has 0 atom stereocenters. The molecule has 1 aromatic rings. The molecule has 0 radical (unpaired) electrons. The van der Waals surface area contributed by atoms with Gasteiger partial charge in [0.2, 0.25) is 5.88 Å². The number of hydrogen-bond donors (Lipinski definition) is 1. The lowest BCUT2D eigenvalue weighted by Crippen LogP contribution is -2.22. The van der Waals surface area contributed by atoms with E-state index in [9.17, 15) is 4.79 Å². The van der Waals surface area contributed by atoms with Gasteiger partial charge in [-0.1, -0.05) is 0 Å². The van der Waals surface area contributed by atoms with Crippen molar-refractivity contribution in [2.45, 2.75) is 26.4 Å². The van der Waals surface area contributed by atoms with Gasteiger partial charge in [0.05, 0.1) is 17.8 Å². The van der Waals surface area contributed by atoms with Crippen LogP contribution in [0.15, 0.2) is 18.3 Å². The zero-order chi connectivity index (χ0) is 13.6. The van der Waals surface area contributed by atoms with Crippen LogP contribution in [-0.2, 0) is 4.74 Å². The molecule has 0 aliphatic heterocycles. The van der Waals surface area contributed by atoms with Gasteiger partial charge >= 0.3 is 0 Å². The van der Waals surface area contributed by atoms with Gasteiger partial charge in [-0.2, -0.15) is 0 Å². The fraction of sp³-hybridized carbons (Fsp3) is 0.538. The SMILES string of the molecule is CNC(=O)c1ccc(OCCOC(C)(C)C)nc1. The summed E-state index contributed by atoms with van der Waals surface area (Å²) in [6.45, 7) is 6.90. The summed E-state index contributed by atoms with van der Waals surface area (Å²) in [5, 5.41) is 2.53. The molecule has 0 fully saturated rings. The van der Waals surface area contributed by atoms with Gasteiger partial charge in [0.25, 0.3) is 5.91 Å². The molecule has 0 spiro atoms. The third-order valence-electron chi connectivity index (χ3n) is 2.09. The summed E-state index contributed by atoms with van der Waals surface area (Å²) in [6, 6.07) is 3.34. The number of hydrogen-bond acceptors (Lipinski definition) is 4. The molecular weight excluding hydrogens is 232 g/mol. The summed E-state index contributed by atoms with van der Waals surface area (Å²) < 4.78 is 10.9. The number of nitrogens with zero attached hydrogens (tertiary/aromatic N) is 1. The van der Waals surface area contributed by atoms with Crippen LogP contribution in [0, 0.1) is 0 Å². The summed E-state index contributed by atoms with van der Waals surface area (Å²) >= 11 is 0. The molecule has 0 bridgehead atoms. The van der Waals surface area contributed by atoms with Crippen molar-refractivity contribution in [3.8, 4) is 5.88 Å². The molecule has 0 saturated carbocycles. The van der Waals surface area contributed by atoms with E-state index in [4.69, 9.17) is 9.47 Å². The van der Waals surface area contributed by atoms with Gasteiger partial charge < -0.3 is 14.8 Å². The second-order valence-electron chi connectivity index (χ2n) is 4.77. The highest BCUT2D eigenvalue weighted by atomic mass is 16.5. The predicted molar refractivity (Wildman–Crippen MR) is 68.8 cm³/mol. The van der Waals surface area contributed by atoms with Crippen molar-refractivity contribution in [3.05, 3.63) is 23.9 Å². The number of ether oxygens (including phenoxy) is 2. The highest BCUT2D eigenvalue weighted by Gasteiger charge is 2.09. The summed E-state index contributed by atoms with van der Waals surface area (Å²) in [7, 11) is 1.58. The maximum Gasteiger partial charge on any atom is 0.252 e. The molecule has 100 valence electrons. The second-order valence-corrected chi connectivity index (χ2v) is 4.77. The van der Waals surface area contributed by atoms with Crippen LogP contribution >= 0.6 is 0 Å². The molecule has 0 aliphatic carbocycles. The Kier molecular flexibility index (Phi) is 5.09. The van der Waals surface area contributed by atoms with Gasteiger partial charge in [-0.3, -0.25) is 4.79 Å². The van der Waals surface area contributed by atoms with Gasteiger partial charge in [0.15, 0.2) is 0 Å². The zero-order valence-corrected chi connectivity index (χ0v) is 11.3. The first kappa shape index (κ1) is 14.4. The molecule has 1 aromatic heterocycles. The lowest BCUT2D eigenvalue weighted by Gasteiger charge is -2.19. The number of pyridine rings is 1. The Labute approximate surface area is 108 Å². The summed E-state index contributed by atoms with van der Waals surface area (Å²) in [5.74, 6) is 0.324. The molecule has 5 nitrogen and oxygen atoms in total. The molecule has 1 amide bonds. The van der Waals surface area contributed by atoms with Gasteiger partial charge in [0.1, 0.15) is 6.61 Å². The molecule has 0 aromatic carbocycles. The van der Waals surface area contributed by atoms with Crippen LogP contribution in [0.2, 0.25) is 0 Å². The van der Waals surface area contributed by atoms with Crippen molar-refractivity contribution in [1.29, 1.82) is 0 Å². The smallest absolute Gasteiger partial charge is 0.252 e. The van der Waals surface area contributed by atoms with E-state index in [0.717, 1.165) is 0 Å². The van der Waals surface area contributed by atoms with E-state index in [-0.39, 0.29) is 11.5 Å². The van der Waals surface area contributed by atoms with E-state index in [0.29, 0.717) is 24.7 Å². The Morgan fingerprint density at radius 2 is 2.06 bits per heavy atom. The average molecular weight is 252 g/mol. The fourth-order valence-electron chi connectivity index (χ4n) is 1.24. The van der Waals surface area contributed by atoms with Crippen LogP contribution in [-0.4, -0.2) is 36.8 Å². The number of nitrogens with one attached hydrogen (secondary N) is 1. The molecule has 1 N–H and O–H groups in total. The Hall–Kier alpha value is -1.62. The van der Waals surface area contributed by atoms with Crippen molar-refractivity contribution >= 4 is 5.91 Å². The monoisotopic (exact) mass is 252 g/mol. The van der Waals surface area contributed by atoms with Crippen molar-refractivity contribution < 1.29 is 14.3 Å². The number of amides is 1. The van der Waals surface area contributed by atoms with Gasteiger partial charge in [0, 0.05) is 19.3 Å². The van der Waals surface area contributed by atoms with Crippen LogP contribution in [0.25, 0.3) is 0 Å². The lowest BCUT2D eigenvalue weighted by molar-refractivity contribution is -0.0168. The highest BCUT2D eigenvalue weighted by Crippen LogP contribution is 2.09. The standard InChI is InChI=1S/C13H20N2O3/c1-13(2,3)18-8-7-17-11-6-5-10(9-15-11)12(16)14-4/h5-6,9H,7-8H2,1-4H3,(H,14,16). The first-order valence-electron chi connectivity index (χ1n) is 5.87. The minimum Gasteiger partial charge on any atom is -0.475 e. The maximum absolute atomic E-state index is 11.3. The minimum atomic E-state index is -0.167. The molecular formula is C13H20N2O3. The van der Waals surface area contributed by atoms with Crippen molar-refractivity contribution in [1.82, 2.24) is 10.3 Å². The normalized spacial score (nSPS) is 11.1. The Morgan fingerprint density at radius 3 is 2.56 bits per heavy atom. The molecule has 0 saturated heterocycles. The summed E-state index contributed by atoms with van der Waals surface area (Å²) in [6.07, 6.45) is 1.48. The van der Waals surface area contributed by atoms with Crippen LogP contribution in [0.5, 0.6) is 5.88 Å². The van der Waals surface area contributed by atoms with E-state index in [1.165, 1.54) is 6.20 Å². The van der Waals surface area contributed by atoms with Crippen molar-refractivity contribution in [2.75, 3.05) is 20.3 Å². The van der Waals surface area contributed by atoms with Crippen molar-refractivity contribution in [2.24, 2.45) is 0 Å². The van der Waals surface area contributed by atoms with E-state index in [2.05, 4.69) is 10.3 Å². The van der Waals surface area contributed by atoms with Crippen LogP contribution in [0.1, 0.15) is 31.1 Å². The average Bonchev–Trinajstić information content (AvgIpc) is 2.33. The predicted octanol–water partition coefficient (Wildman–Crippen LogP) is 1.64. The first-order valence-corrected chi connectivity index (χ1v) is 5.87. The van der Waals surface area contributed by atoms with Crippen LogP contribution in [0.4, 0.5) is 0 Å². The fourth-order valence-corrected chi connectivity index (χ4v) is 1.24. The Bertz CT molecular complexity index is 382. The first-order chi connectivity index (χ1) is 8.42. The van der Waals surface area contributed by atoms with E-state index < -0.39 is 0 Å². The molecule has 18 heavy (non-hydrogen) atoms. The van der Waals surface area contributed by atoms with Gasteiger partial charge in [-0.05, 0) is 26.8 Å². The number of carbonyl (C=O) groups is 1. The van der Waals surface area contributed by atoms with E-state index >= 15 is 0 Å². The largest absolute Gasteiger partial charge is 0.475 e. The summed E-state index contributed by atoms with van der Waals surface area (Å²) in [4.78, 5) is 15.3. The molecule has 1 heterocycles. The quantitative estimate of drug-likeness (QED) is 0.809. The Morgan fingerprint density at radius 1 is 1.33 bits per heavy atom. The molecule has 5 heteroatoms. The van der Waals surface area contributed by atoms with E-state index in [1.54, 1.807) is 19.2 Å². The third-order valence-corrected chi connectivity index (χ3v) is 2.09. The van der Waals surface area contributed by atoms with E-state index in [1.807, 2.05) is 20.8 Å². The van der Waals surface area contributed by atoms with Crippen LogP contribution in [0.3, 0.4) is 0 Å². The lowest BCUT2D eigenvalue weighted by atomic mass is 10.2. The maximum atomic E-state index is 11.3. The topological polar surface area (TPSA) is 60.5 Å². The molecule has 0 aliphatic rings. The third kappa shape index (κ3) is 5.14. The molecule has 0 unspecified atom stereocenters. The van der Waals surface area contributed by atoms with Gasteiger partial charge in [-0.25, -0.2) is 4.98 Å². The zero-order valence-electron chi connectivity index (χ0n) is 11.3. The highest BCUT2D eigenvalue weighted by molar-refractivity contribution is 5.93. The van der Waals surface area contributed by atoms with Gasteiger partial charge in [-0.15, -0.1) is 0 Å². The molecule has 1 rings (SSSR count). The summed E-state index contributed by atoms with van der Waals surface area (Å²) in [5.41, 5.74) is 0.343. The number of carbonyl (C=O) groups excluding carboxylic acids is 1. The second kappa shape index (κ2) is 6.35. The number of aromatic nitrogens is 1. The van der Waals surface area contributed by atoms with Crippen molar-refractivity contribution in [3.63, 3.8) is 0 Å². The minimum absolute atomic E-state index is 0.162. The Balaban J connectivity index is 2.38. The number of rotatable bonds is 5. The van der Waals surface area contributed by atoms with Crippen LogP contribution < -0.4 is 10.1 Å².